The number of rotatable bonds is 5. The molecule has 0 saturated heterocycles. The summed E-state index contributed by atoms with van der Waals surface area (Å²) in [7, 11) is -3.89. The highest BCUT2D eigenvalue weighted by molar-refractivity contribution is 7.99. The number of pyridine rings is 1. The minimum absolute atomic E-state index is 0.123. The summed E-state index contributed by atoms with van der Waals surface area (Å²) in [5.41, 5.74) is 1.66. The minimum Gasteiger partial charge on any atom is -0.361 e. The number of aromatic nitrogens is 2. The number of hydrogen-bond donors (Lipinski definition) is 0. The summed E-state index contributed by atoms with van der Waals surface area (Å²) >= 11 is 1.14. The molecule has 0 amide bonds. The molecule has 0 saturated carbocycles. The van der Waals surface area contributed by atoms with Crippen molar-refractivity contribution in [3.8, 4) is 0 Å². The van der Waals surface area contributed by atoms with Crippen LogP contribution < -0.4 is 0 Å². The van der Waals surface area contributed by atoms with Gasteiger partial charge in [-0.3, -0.25) is 0 Å². The van der Waals surface area contributed by atoms with Crippen molar-refractivity contribution in [1.82, 2.24) is 8.96 Å². The second kappa shape index (κ2) is 8.02. The van der Waals surface area contributed by atoms with Gasteiger partial charge in [-0.05, 0) is 37.3 Å². The van der Waals surface area contributed by atoms with E-state index in [1.165, 1.54) is 36.7 Å². The molecule has 5 nitrogen and oxygen atoms in total. The summed E-state index contributed by atoms with van der Waals surface area (Å²) in [6, 6.07) is 12.6. The first-order chi connectivity index (χ1) is 14.8. The highest BCUT2D eigenvalue weighted by Gasteiger charge is 2.22. The third-order valence-electron chi connectivity index (χ3n) is 4.74. The van der Waals surface area contributed by atoms with Gasteiger partial charge in [-0.25, -0.2) is 16.8 Å². The number of aryl methyl sites for hydroxylation is 1. The quantitative estimate of drug-likeness (QED) is 0.347. The van der Waals surface area contributed by atoms with Crippen molar-refractivity contribution in [3.05, 3.63) is 95.9 Å². The Hall–Kier alpha value is -3.41. The number of benzene rings is 2. The monoisotopic (exact) mass is 449 g/mol. The maximum absolute atomic E-state index is 15.2. The van der Waals surface area contributed by atoms with Crippen LogP contribution in [0, 0.1) is 19.3 Å². The molecule has 4 rings (SSSR count). The first-order valence-electron chi connectivity index (χ1n) is 9.15. The Kier molecular flexibility index (Phi) is 5.39. The molecule has 0 bridgehead atoms. The standard InChI is InChI=1S/C23H16FN3O2S2/c1-4-18-19-10-12-27(31(28,29)17-7-5-15(2)6-8-17)21(19)14-20(24)23(18)30-16-9-11-26-22(13-16)25-3/h4-14H,1H2,2H3. The van der Waals surface area contributed by atoms with Gasteiger partial charge in [0.2, 0.25) is 0 Å². The predicted molar refractivity (Wildman–Crippen MR) is 120 cm³/mol. The van der Waals surface area contributed by atoms with Crippen LogP contribution in [-0.4, -0.2) is 17.4 Å². The summed E-state index contributed by atoms with van der Waals surface area (Å²) in [6.07, 6.45) is 4.42. The van der Waals surface area contributed by atoms with Crippen LogP contribution in [0.4, 0.5) is 10.2 Å². The summed E-state index contributed by atoms with van der Waals surface area (Å²) in [6.45, 7) is 12.8. The summed E-state index contributed by atoms with van der Waals surface area (Å²) in [5.74, 6) is -0.366. The van der Waals surface area contributed by atoms with Gasteiger partial charge in [0.15, 0.2) is 0 Å². The molecule has 0 fully saturated rings. The molecule has 2 aromatic heterocycles. The molecule has 8 heteroatoms. The molecule has 0 aliphatic carbocycles. The van der Waals surface area contributed by atoms with Gasteiger partial charge in [0.25, 0.3) is 15.8 Å². The molecule has 0 atom stereocenters. The van der Waals surface area contributed by atoms with E-state index in [4.69, 9.17) is 6.57 Å². The molecule has 0 N–H and O–H groups in total. The first kappa shape index (κ1) is 20.8. The summed E-state index contributed by atoms with van der Waals surface area (Å²) in [4.78, 5) is 8.29. The molecule has 2 heterocycles. The number of halogens is 1. The van der Waals surface area contributed by atoms with Gasteiger partial charge in [0, 0.05) is 28.1 Å². The SMILES string of the molecule is [C-]#[N+]c1cc(Sc2c(F)cc3c(ccn3S(=O)(=O)c3ccc(C)cc3)c2C=C)ccn1. The van der Waals surface area contributed by atoms with Crippen molar-refractivity contribution in [2.24, 2.45) is 0 Å². The Morgan fingerprint density at radius 2 is 1.94 bits per heavy atom. The average molecular weight is 450 g/mol. The van der Waals surface area contributed by atoms with Crippen LogP contribution in [0.15, 0.2) is 82.2 Å². The normalized spacial score (nSPS) is 11.4. The van der Waals surface area contributed by atoms with E-state index < -0.39 is 15.8 Å². The maximum atomic E-state index is 15.2. The van der Waals surface area contributed by atoms with Gasteiger partial charge in [0.05, 0.1) is 15.3 Å². The first-order valence-corrected chi connectivity index (χ1v) is 11.4. The smallest absolute Gasteiger partial charge is 0.270 e. The van der Waals surface area contributed by atoms with Gasteiger partial charge in [-0.2, -0.15) is 0 Å². The Labute approximate surface area is 183 Å². The Balaban J connectivity index is 1.86. The van der Waals surface area contributed by atoms with Gasteiger partial charge >= 0.3 is 0 Å². The molecule has 154 valence electrons. The van der Waals surface area contributed by atoms with E-state index in [2.05, 4.69) is 16.4 Å². The third-order valence-corrected chi connectivity index (χ3v) is 7.55. The molecule has 0 spiro atoms. The molecule has 0 aliphatic rings. The molecule has 31 heavy (non-hydrogen) atoms. The lowest BCUT2D eigenvalue weighted by Gasteiger charge is -2.12. The maximum Gasteiger partial charge on any atom is 0.270 e. The van der Waals surface area contributed by atoms with Crippen LogP contribution in [0.25, 0.3) is 21.8 Å². The zero-order chi connectivity index (χ0) is 22.2. The Bertz CT molecular complexity index is 1470. The fraction of sp³-hybridized carbons (Fsp3) is 0.0435. The van der Waals surface area contributed by atoms with Crippen molar-refractivity contribution < 1.29 is 12.8 Å². The van der Waals surface area contributed by atoms with E-state index >= 15 is 4.39 Å². The van der Waals surface area contributed by atoms with Gasteiger partial charge in [-0.1, -0.05) is 48.7 Å². The van der Waals surface area contributed by atoms with Crippen LogP contribution in [-0.2, 0) is 10.0 Å². The topological polar surface area (TPSA) is 56.3 Å². The molecule has 0 unspecified atom stereocenters. The van der Waals surface area contributed by atoms with E-state index in [1.54, 1.807) is 30.3 Å². The van der Waals surface area contributed by atoms with Crippen LogP contribution >= 0.6 is 11.8 Å². The number of fused-ring (bicyclic) bond motifs is 1. The van der Waals surface area contributed by atoms with Crippen molar-refractivity contribution in [2.45, 2.75) is 21.6 Å². The van der Waals surface area contributed by atoms with Crippen LogP contribution in [0.1, 0.15) is 11.1 Å². The molecule has 2 aromatic carbocycles. The Morgan fingerprint density at radius 3 is 2.61 bits per heavy atom. The fourth-order valence-electron chi connectivity index (χ4n) is 3.21. The van der Waals surface area contributed by atoms with Crippen LogP contribution in [0.3, 0.4) is 0 Å². The molecular formula is C23H16FN3O2S2. The van der Waals surface area contributed by atoms with E-state index in [0.717, 1.165) is 21.3 Å². The van der Waals surface area contributed by atoms with Crippen molar-refractivity contribution in [1.29, 1.82) is 0 Å². The number of hydrogen-bond acceptors (Lipinski definition) is 4. The van der Waals surface area contributed by atoms with Crippen LogP contribution in [0.5, 0.6) is 0 Å². The highest BCUT2D eigenvalue weighted by Crippen LogP contribution is 2.39. The lowest BCUT2D eigenvalue weighted by Crippen LogP contribution is -2.12. The zero-order valence-electron chi connectivity index (χ0n) is 16.4. The molecule has 4 aromatic rings. The third kappa shape index (κ3) is 3.74. The summed E-state index contributed by atoms with van der Waals surface area (Å²) < 4.78 is 42.6. The largest absolute Gasteiger partial charge is 0.361 e. The van der Waals surface area contributed by atoms with E-state index in [9.17, 15) is 8.42 Å². The molecule has 0 radical (unpaired) electrons. The van der Waals surface area contributed by atoms with Crippen LogP contribution in [0.2, 0.25) is 0 Å². The predicted octanol–water partition coefficient (Wildman–Crippen LogP) is 6.07. The van der Waals surface area contributed by atoms with Crippen molar-refractivity contribution in [3.63, 3.8) is 0 Å². The summed E-state index contributed by atoms with van der Waals surface area (Å²) in [5, 5.41) is 0.564. The molecular weight excluding hydrogens is 433 g/mol. The van der Waals surface area contributed by atoms with E-state index in [1.807, 2.05) is 6.92 Å². The average Bonchev–Trinajstić information content (AvgIpc) is 3.19. The van der Waals surface area contributed by atoms with Gasteiger partial charge < -0.3 is 4.85 Å². The van der Waals surface area contributed by atoms with E-state index in [-0.39, 0.29) is 16.2 Å². The second-order valence-electron chi connectivity index (χ2n) is 6.73. The second-order valence-corrected chi connectivity index (χ2v) is 9.63. The van der Waals surface area contributed by atoms with Gasteiger partial charge in [-0.15, -0.1) is 4.98 Å². The van der Waals surface area contributed by atoms with Gasteiger partial charge in [0.1, 0.15) is 12.0 Å². The highest BCUT2D eigenvalue weighted by atomic mass is 32.2. The molecule has 0 aliphatic heterocycles. The lowest BCUT2D eigenvalue weighted by molar-refractivity contribution is 0.588. The van der Waals surface area contributed by atoms with E-state index in [0.29, 0.717) is 20.7 Å². The number of nitrogens with zero attached hydrogens (tertiary/aromatic N) is 3. The Morgan fingerprint density at radius 1 is 1.19 bits per heavy atom. The minimum atomic E-state index is -3.89. The van der Waals surface area contributed by atoms with Crippen molar-refractivity contribution >= 4 is 44.6 Å². The fourth-order valence-corrected chi connectivity index (χ4v) is 5.54. The van der Waals surface area contributed by atoms with Crippen molar-refractivity contribution in [2.75, 3.05) is 0 Å². The lowest BCUT2D eigenvalue weighted by atomic mass is 10.1. The zero-order valence-corrected chi connectivity index (χ0v) is 18.0.